The number of rotatable bonds is 3. The molecule has 1 aliphatic heterocycles. The summed E-state index contributed by atoms with van der Waals surface area (Å²) in [5.74, 6) is 0. The van der Waals surface area contributed by atoms with Gasteiger partial charge in [-0.05, 0) is 31.2 Å². The summed E-state index contributed by atoms with van der Waals surface area (Å²) < 4.78 is 1.83. The van der Waals surface area contributed by atoms with Gasteiger partial charge in [-0.1, -0.05) is 31.9 Å². The van der Waals surface area contributed by atoms with Gasteiger partial charge in [-0.3, -0.25) is 4.90 Å². The Morgan fingerprint density at radius 1 is 1.14 bits per heavy atom. The zero-order valence-electron chi connectivity index (χ0n) is 11.7. The van der Waals surface area contributed by atoms with Gasteiger partial charge in [-0.15, -0.1) is 0 Å². The lowest BCUT2D eigenvalue weighted by atomic mass is 10.3. The Morgan fingerprint density at radius 2 is 1.86 bits per heavy atom. The normalized spacial score (nSPS) is 16.6. The number of carbonyl (C=O) groups is 1. The van der Waals surface area contributed by atoms with E-state index in [1.807, 2.05) is 23.1 Å². The van der Waals surface area contributed by atoms with Crippen LogP contribution in [0.5, 0.6) is 0 Å². The van der Waals surface area contributed by atoms with E-state index in [0.29, 0.717) is 13.1 Å². The second-order valence-corrected chi connectivity index (χ2v) is 6.83. The lowest BCUT2D eigenvalue weighted by molar-refractivity contribution is 0.194. The second-order valence-electron chi connectivity index (χ2n) is 4.99. The Balaban J connectivity index is 1.93. The summed E-state index contributed by atoms with van der Waals surface area (Å²) in [6, 6.07) is 5.59. The summed E-state index contributed by atoms with van der Waals surface area (Å²) in [4.78, 5) is 16.3. The van der Waals surface area contributed by atoms with Crippen LogP contribution in [0.25, 0.3) is 0 Å². The van der Waals surface area contributed by atoms with Gasteiger partial charge in [-0.2, -0.15) is 0 Å². The van der Waals surface area contributed by atoms with Crippen LogP contribution in [0, 0.1) is 0 Å². The highest BCUT2D eigenvalue weighted by atomic mass is 79.9. The van der Waals surface area contributed by atoms with Crippen LogP contribution in [0.15, 0.2) is 27.1 Å². The lowest BCUT2D eigenvalue weighted by Gasteiger charge is -2.22. The average molecular weight is 421 g/mol. The van der Waals surface area contributed by atoms with Crippen molar-refractivity contribution in [3.63, 3.8) is 0 Å². The molecule has 5 nitrogen and oxygen atoms in total. The number of aliphatic hydroxyl groups is 1. The third-order valence-corrected chi connectivity index (χ3v) is 4.32. The number of urea groups is 1. The molecule has 0 radical (unpaired) electrons. The molecular formula is C14H19Br2N3O2. The summed E-state index contributed by atoms with van der Waals surface area (Å²) >= 11 is 6.82. The summed E-state index contributed by atoms with van der Waals surface area (Å²) in [6.45, 7) is 3.99. The Labute approximate surface area is 141 Å². The van der Waals surface area contributed by atoms with Crippen molar-refractivity contribution in [1.82, 2.24) is 9.80 Å². The van der Waals surface area contributed by atoms with Gasteiger partial charge in [-0.25, -0.2) is 4.79 Å². The predicted molar refractivity (Wildman–Crippen MR) is 90.6 cm³/mol. The van der Waals surface area contributed by atoms with E-state index >= 15 is 0 Å². The van der Waals surface area contributed by atoms with Gasteiger partial charge in [0.05, 0.1) is 6.61 Å². The lowest BCUT2D eigenvalue weighted by Crippen LogP contribution is -2.38. The molecule has 2 amide bonds. The maximum atomic E-state index is 12.3. The first kappa shape index (κ1) is 16.7. The van der Waals surface area contributed by atoms with Crippen molar-refractivity contribution < 1.29 is 9.90 Å². The van der Waals surface area contributed by atoms with E-state index in [1.54, 1.807) is 0 Å². The largest absolute Gasteiger partial charge is 0.395 e. The highest BCUT2D eigenvalue weighted by Crippen LogP contribution is 2.23. The van der Waals surface area contributed by atoms with E-state index in [2.05, 4.69) is 42.1 Å². The van der Waals surface area contributed by atoms with Gasteiger partial charge < -0.3 is 15.3 Å². The van der Waals surface area contributed by atoms with Gasteiger partial charge in [0, 0.05) is 40.8 Å². The number of benzene rings is 1. The van der Waals surface area contributed by atoms with Crippen molar-refractivity contribution in [3.8, 4) is 0 Å². The number of anilines is 1. The van der Waals surface area contributed by atoms with Gasteiger partial charge in [0.15, 0.2) is 0 Å². The van der Waals surface area contributed by atoms with E-state index < -0.39 is 0 Å². The third-order valence-electron chi connectivity index (χ3n) is 3.41. The number of carbonyl (C=O) groups excluding carboxylic acids is 1. The van der Waals surface area contributed by atoms with Gasteiger partial charge >= 0.3 is 6.03 Å². The van der Waals surface area contributed by atoms with Crippen molar-refractivity contribution in [2.45, 2.75) is 6.42 Å². The van der Waals surface area contributed by atoms with Crippen LogP contribution in [0.2, 0.25) is 0 Å². The fourth-order valence-corrected chi connectivity index (χ4v) is 3.66. The highest BCUT2D eigenvalue weighted by molar-refractivity contribution is 9.11. The maximum absolute atomic E-state index is 12.3. The molecule has 0 aromatic heterocycles. The Bertz CT molecular complexity index is 479. The van der Waals surface area contributed by atoms with Crippen LogP contribution >= 0.6 is 31.9 Å². The molecule has 116 valence electrons. The Kier molecular flexibility index (Phi) is 6.47. The Morgan fingerprint density at radius 3 is 2.52 bits per heavy atom. The molecule has 7 heteroatoms. The second kappa shape index (κ2) is 8.12. The molecular weight excluding hydrogens is 402 g/mol. The van der Waals surface area contributed by atoms with E-state index in [-0.39, 0.29) is 12.6 Å². The van der Waals surface area contributed by atoms with Gasteiger partial charge in [0.2, 0.25) is 0 Å². The molecule has 0 spiro atoms. The van der Waals surface area contributed by atoms with Crippen LogP contribution in [0.4, 0.5) is 10.5 Å². The SMILES string of the molecule is O=C(Nc1cc(Br)cc(Br)c1)N1CCCN(CCO)CC1. The van der Waals surface area contributed by atoms with E-state index in [9.17, 15) is 4.79 Å². The van der Waals surface area contributed by atoms with Gasteiger partial charge in [0.25, 0.3) is 0 Å². The van der Waals surface area contributed by atoms with Crippen LogP contribution in [0.3, 0.4) is 0 Å². The summed E-state index contributed by atoms with van der Waals surface area (Å²) in [7, 11) is 0. The van der Waals surface area contributed by atoms with Crippen molar-refractivity contribution in [2.75, 3.05) is 44.6 Å². The van der Waals surface area contributed by atoms with E-state index in [1.165, 1.54) is 0 Å². The molecule has 1 fully saturated rings. The van der Waals surface area contributed by atoms with E-state index in [4.69, 9.17) is 5.11 Å². The molecule has 0 bridgehead atoms. The predicted octanol–water partition coefficient (Wildman–Crippen LogP) is 2.74. The molecule has 2 rings (SSSR count). The molecule has 2 N–H and O–H groups in total. The van der Waals surface area contributed by atoms with Crippen LogP contribution in [-0.2, 0) is 0 Å². The number of hydrogen-bond acceptors (Lipinski definition) is 3. The maximum Gasteiger partial charge on any atom is 0.321 e. The molecule has 0 aliphatic carbocycles. The molecule has 1 aromatic rings. The molecule has 1 aromatic carbocycles. The number of halogens is 2. The number of nitrogens with zero attached hydrogens (tertiary/aromatic N) is 2. The van der Waals surface area contributed by atoms with Crippen LogP contribution in [0.1, 0.15) is 6.42 Å². The first-order valence-electron chi connectivity index (χ1n) is 6.94. The zero-order valence-corrected chi connectivity index (χ0v) is 14.9. The minimum absolute atomic E-state index is 0.0779. The summed E-state index contributed by atoms with van der Waals surface area (Å²) in [6.07, 6.45) is 0.926. The molecule has 0 unspecified atom stereocenters. The summed E-state index contributed by atoms with van der Waals surface area (Å²) in [5.41, 5.74) is 0.762. The molecule has 1 heterocycles. The van der Waals surface area contributed by atoms with Crippen LogP contribution in [-0.4, -0.2) is 60.3 Å². The summed E-state index contributed by atoms with van der Waals surface area (Å²) in [5, 5.41) is 11.9. The van der Waals surface area contributed by atoms with Crippen molar-refractivity contribution in [2.24, 2.45) is 0 Å². The fraction of sp³-hybridized carbons (Fsp3) is 0.500. The minimum Gasteiger partial charge on any atom is -0.395 e. The standard InChI is InChI=1S/C14H19Br2N3O2/c15-11-8-12(16)10-13(9-11)17-14(21)19-3-1-2-18(4-5-19)6-7-20/h8-10,20H,1-7H2,(H,17,21). The third kappa shape index (κ3) is 5.25. The highest BCUT2D eigenvalue weighted by Gasteiger charge is 2.18. The van der Waals surface area contributed by atoms with Crippen LogP contribution < -0.4 is 5.32 Å². The Hall–Kier alpha value is -0.630. The number of hydrogen-bond donors (Lipinski definition) is 2. The molecule has 0 atom stereocenters. The molecule has 1 aliphatic rings. The molecule has 0 saturated carbocycles. The number of aliphatic hydroxyl groups excluding tert-OH is 1. The number of nitrogens with one attached hydrogen (secondary N) is 1. The molecule has 21 heavy (non-hydrogen) atoms. The smallest absolute Gasteiger partial charge is 0.321 e. The topological polar surface area (TPSA) is 55.8 Å². The fourth-order valence-electron chi connectivity index (χ4n) is 2.37. The zero-order chi connectivity index (χ0) is 15.2. The van der Waals surface area contributed by atoms with Gasteiger partial charge in [0.1, 0.15) is 0 Å². The minimum atomic E-state index is -0.0779. The van der Waals surface area contributed by atoms with Crippen molar-refractivity contribution in [3.05, 3.63) is 27.1 Å². The quantitative estimate of drug-likeness (QED) is 0.790. The first-order chi connectivity index (χ1) is 10.1. The monoisotopic (exact) mass is 419 g/mol. The van der Waals surface area contributed by atoms with E-state index in [0.717, 1.165) is 40.7 Å². The van der Waals surface area contributed by atoms with Crippen molar-refractivity contribution in [1.29, 1.82) is 0 Å². The first-order valence-corrected chi connectivity index (χ1v) is 8.52. The average Bonchev–Trinajstić information content (AvgIpc) is 2.63. The number of β-amino-alcohol motifs (C(OH)–C–C–N with tert-alkyl or cyclic N) is 1. The molecule has 1 saturated heterocycles. The van der Waals surface area contributed by atoms with Crippen molar-refractivity contribution >= 4 is 43.6 Å². The number of amides is 2.